The highest BCUT2D eigenvalue weighted by molar-refractivity contribution is 5.69. The Bertz CT molecular complexity index is 204. The van der Waals surface area contributed by atoms with E-state index in [4.69, 9.17) is 5.11 Å². The van der Waals surface area contributed by atoms with Crippen molar-refractivity contribution in [1.29, 1.82) is 0 Å². The molecule has 3 heteroatoms. The second kappa shape index (κ2) is 6.11. The number of hydrogen-bond donors (Lipinski definition) is 1. The normalized spacial score (nSPS) is 25.1. The topological polar surface area (TPSA) is 40.5 Å². The maximum atomic E-state index is 10.8. The first kappa shape index (κ1) is 12.5. The zero-order chi connectivity index (χ0) is 11.3. The minimum absolute atomic E-state index is 0.184. The largest absolute Gasteiger partial charge is 0.481 e. The summed E-state index contributed by atoms with van der Waals surface area (Å²) in [6, 6.07) is 0. The molecule has 0 aliphatic carbocycles. The van der Waals surface area contributed by atoms with Crippen LogP contribution in [0.5, 0.6) is 0 Å². The Morgan fingerprint density at radius 3 is 2.93 bits per heavy atom. The summed E-state index contributed by atoms with van der Waals surface area (Å²) >= 11 is 0. The van der Waals surface area contributed by atoms with Crippen LogP contribution in [0.3, 0.4) is 0 Å². The van der Waals surface area contributed by atoms with E-state index >= 15 is 0 Å². The predicted molar refractivity (Wildman–Crippen MR) is 60.9 cm³/mol. The molecule has 1 aliphatic heterocycles. The molecule has 0 aromatic rings. The van der Waals surface area contributed by atoms with Gasteiger partial charge in [-0.2, -0.15) is 0 Å². The number of carbonyl (C=O) groups is 1. The van der Waals surface area contributed by atoms with E-state index in [1.165, 1.54) is 25.8 Å². The van der Waals surface area contributed by atoms with E-state index in [-0.39, 0.29) is 5.92 Å². The monoisotopic (exact) mass is 213 g/mol. The first-order valence-corrected chi connectivity index (χ1v) is 6.08. The first-order valence-electron chi connectivity index (χ1n) is 6.08. The molecular weight excluding hydrogens is 190 g/mol. The SMILES string of the molecule is CCCN1CCCC(CC(C)C(=O)O)C1. The van der Waals surface area contributed by atoms with E-state index in [1.54, 1.807) is 0 Å². The summed E-state index contributed by atoms with van der Waals surface area (Å²) in [5.41, 5.74) is 0. The number of carboxylic acids is 1. The van der Waals surface area contributed by atoms with Gasteiger partial charge in [0.25, 0.3) is 0 Å². The van der Waals surface area contributed by atoms with E-state index in [0.29, 0.717) is 5.92 Å². The summed E-state index contributed by atoms with van der Waals surface area (Å²) in [5.74, 6) is -0.240. The molecule has 3 nitrogen and oxygen atoms in total. The van der Waals surface area contributed by atoms with Crippen LogP contribution in [0.1, 0.15) is 39.5 Å². The van der Waals surface area contributed by atoms with Crippen molar-refractivity contribution in [2.24, 2.45) is 11.8 Å². The second-order valence-electron chi connectivity index (χ2n) is 4.78. The Labute approximate surface area is 92.5 Å². The highest BCUT2D eigenvalue weighted by Gasteiger charge is 2.23. The molecule has 0 amide bonds. The molecule has 1 aliphatic rings. The van der Waals surface area contributed by atoms with Gasteiger partial charge >= 0.3 is 5.97 Å². The molecule has 1 fully saturated rings. The number of hydrogen-bond acceptors (Lipinski definition) is 2. The van der Waals surface area contributed by atoms with Crippen molar-refractivity contribution in [2.45, 2.75) is 39.5 Å². The molecule has 0 saturated carbocycles. The van der Waals surface area contributed by atoms with Crippen molar-refractivity contribution < 1.29 is 9.90 Å². The van der Waals surface area contributed by atoms with E-state index in [2.05, 4.69) is 11.8 Å². The van der Waals surface area contributed by atoms with Crippen molar-refractivity contribution in [1.82, 2.24) is 4.90 Å². The van der Waals surface area contributed by atoms with Crippen LogP contribution in [-0.2, 0) is 4.79 Å². The fourth-order valence-electron chi connectivity index (χ4n) is 2.46. The van der Waals surface area contributed by atoms with Crippen LogP contribution in [0, 0.1) is 11.8 Å². The van der Waals surface area contributed by atoms with Crippen molar-refractivity contribution in [3.63, 3.8) is 0 Å². The predicted octanol–water partition coefficient (Wildman–Crippen LogP) is 2.22. The van der Waals surface area contributed by atoms with Gasteiger partial charge in [0.05, 0.1) is 5.92 Å². The third-order valence-corrected chi connectivity index (χ3v) is 3.25. The van der Waals surface area contributed by atoms with Gasteiger partial charge in [0.2, 0.25) is 0 Å². The number of likely N-dealkylation sites (tertiary alicyclic amines) is 1. The molecule has 0 spiro atoms. The fraction of sp³-hybridized carbons (Fsp3) is 0.917. The number of carboxylic acid groups (broad SMARTS) is 1. The Morgan fingerprint density at radius 1 is 1.60 bits per heavy atom. The van der Waals surface area contributed by atoms with E-state index < -0.39 is 5.97 Å². The minimum atomic E-state index is -0.650. The standard InChI is InChI=1S/C12H23NO2/c1-3-6-13-7-4-5-11(9-13)8-10(2)12(14)15/h10-11H,3-9H2,1-2H3,(H,14,15). The van der Waals surface area contributed by atoms with Crippen LogP contribution in [0.4, 0.5) is 0 Å². The Balaban J connectivity index is 2.32. The average molecular weight is 213 g/mol. The summed E-state index contributed by atoms with van der Waals surface area (Å²) in [4.78, 5) is 13.2. The maximum Gasteiger partial charge on any atom is 0.306 e. The number of aliphatic carboxylic acids is 1. The number of rotatable bonds is 5. The van der Waals surface area contributed by atoms with Gasteiger partial charge in [-0.15, -0.1) is 0 Å². The van der Waals surface area contributed by atoms with E-state index in [9.17, 15) is 4.79 Å². The van der Waals surface area contributed by atoms with Crippen LogP contribution < -0.4 is 0 Å². The van der Waals surface area contributed by atoms with Crippen molar-refractivity contribution >= 4 is 5.97 Å². The summed E-state index contributed by atoms with van der Waals surface area (Å²) in [5, 5.41) is 8.87. The molecule has 15 heavy (non-hydrogen) atoms. The summed E-state index contributed by atoms with van der Waals surface area (Å²) in [6.45, 7) is 7.49. The molecule has 2 atom stereocenters. The fourth-order valence-corrected chi connectivity index (χ4v) is 2.46. The maximum absolute atomic E-state index is 10.8. The molecule has 0 aromatic heterocycles. The van der Waals surface area contributed by atoms with Crippen LogP contribution in [0.2, 0.25) is 0 Å². The Hall–Kier alpha value is -0.570. The van der Waals surface area contributed by atoms with Gasteiger partial charge in [-0.05, 0) is 44.7 Å². The third-order valence-electron chi connectivity index (χ3n) is 3.25. The lowest BCUT2D eigenvalue weighted by Gasteiger charge is -2.33. The molecule has 1 heterocycles. The minimum Gasteiger partial charge on any atom is -0.481 e. The molecule has 2 unspecified atom stereocenters. The summed E-state index contributed by atoms with van der Waals surface area (Å²) in [7, 11) is 0. The lowest BCUT2D eigenvalue weighted by molar-refractivity contribution is -0.141. The molecule has 1 rings (SSSR count). The highest BCUT2D eigenvalue weighted by atomic mass is 16.4. The quantitative estimate of drug-likeness (QED) is 0.761. The van der Waals surface area contributed by atoms with Gasteiger partial charge < -0.3 is 10.0 Å². The van der Waals surface area contributed by atoms with Crippen LogP contribution in [0.15, 0.2) is 0 Å². The van der Waals surface area contributed by atoms with Gasteiger partial charge in [-0.1, -0.05) is 13.8 Å². The van der Waals surface area contributed by atoms with E-state index in [0.717, 1.165) is 19.5 Å². The van der Waals surface area contributed by atoms with Gasteiger partial charge in [0, 0.05) is 6.54 Å². The lowest BCUT2D eigenvalue weighted by Crippen LogP contribution is -2.36. The zero-order valence-corrected chi connectivity index (χ0v) is 9.91. The van der Waals surface area contributed by atoms with Gasteiger partial charge in [-0.3, -0.25) is 4.79 Å². The smallest absolute Gasteiger partial charge is 0.306 e. The molecule has 0 radical (unpaired) electrons. The average Bonchev–Trinajstić information content (AvgIpc) is 2.18. The number of nitrogens with zero attached hydrogens (tertiary/aromatic N) is 1. The van der Waals surface area contributed by atoms with Crippen LogP contribution >= 0.6 is 0 Å². The van der Waals surface area contributed by atoms with Gasteiger partial charge in [0.15, 0.2) is 0 Å². The zero-order valence-electron chi connectivity index (χ0n) is 9.91. The summed E-state index contributed by atoms with van der Waals surface area (Å²) < 4.78 is 0. The molecule has 1 N–H and O–H groups in total. The van der Waals surface area contributed by atoms with Gasteiger partial charge in [0.1, 0.15) is 0 Å². The Morgan fingerprint density at radius 2 is 2.33 bits per heavy atom. The first-order chi connectivity index (χ1) is 7.13. The molecular formula is C12H23NO2. The number of piperidine rings is 1. The van der Waals surface area contributed by atoms with Crippen LogP contribution in [-0.4, -0.2) is 35.6 Å². The van der Waals surface area contributed by atoms with Crippen molar-refractivity contribution in [2.75, 3.05) is 19.6 Å². The molecule has 1 saturated heterocycles. The van der Waals surface area contributed by atoms with Crippen molar-refractivity contribution in [3.8, 4) is 0 Å². The molecule has 0 bridgehead atoms. The van der Waals surface area contributed by atoms with Crippen LogP contribution in [0.25, 0.3) is 0 Å². The summed E-state index contributed by atoms with van der Waals surface area (Å²) in [6.07, 6.45) is 4.48. The van der Waals surface area contributed by atoms with Gasteiger partial charge in [-0.25, -0.2) is 0 Å². The van der Waals surface area contributed by atoms with E-state index in [1.807, 2.05) is 6.92 Å². The lowest BCUT2D eigenvalue weighted by atomic mass is 9.89. The molecule has 0 aromatic carbocycles. The Kier molecular flexibility index (Phi) is 5.09. The second-order valence-corrected chi connectivity index (χ2v) is 4.78. The highest BCUT2D eigenvalue weighted by Crippen LogP contribution is 2.23. The molecule has 88 valence electrons. The third kappa shape index (κ3) is 4.20. The van der Waals surface area contributed by atoms with Crippen molar-refractivity contribution in [3.05, 3.63) is 0 Å².